The molecule has 2 amide bonds. The van der Waals surface area contributed by atoms with Crippen molar-refractivity contribution in [2.45, 2.75) is 44.2 Å². The molecular weight excluding hydrogens is 552 g/mol. The number of carbonyl (C=O) groups excluding carboxylic acids is 2. The number of rotatable bonds is 8. The van der Waals surface area contributed by atoms with Gasteiger partial charge in [-0.3, -0.25) is 9.69 Å². The normalized spacial score (nSPS) is 11.8. The van der Waals surface area contributed by atoms with E-state index in [1.807, 2.05) is 0 Å². The van der Waals surface area contributed by atoms with Gasteiger partial charge in [0.15, 0.2) is 0 Å². The number of nitrogens with zero attached hydrogens (tertiary/aromatic N) is 1. The molecule has 3 N–H and O–H groups in total. The van der Waals surface area contributed by atoms with Gasteiger partial charge in [-0.05, 0) is 56.7 Å². The minimum Gasteiger partial charge on any atom is -0.495 e. The first-order valence-electron chi connectivity index (χ1n) is 10.2. The number of ether oxygens (including phenoxy) is 2. The highest BCUT2D eigenvalue weighted by Crippen LogP contribution is 2.27. The molecule has 2 aromatic rings. The molecular formula is C22H26BrF2N3O6S. The largest absolute Gasteiger partial charge is 0.495 e. The van der Waals surface area contributed by atoms with E-state index in [-0.39, 0.29) is 28.4 Å². The summed E-state index contributed by atoms with van der Waals surface area (Å²) < 4.78 is 60.3. The van der Waals surface area contributed by atoms with Crippen molar-refractivity contribution >= 4 is 43.6 Å². The number of alkyl halides is 2. The van der Waals surface area contributed by atoms with Crippen LogP contribution in [0.5, 0.6) is 5.75 Å². The van der Waals surface area contributed by atoms with Gasteiger partial charge in [0.05, 0.1) is 20.2 Å². The average molecular weight is 578 g/mol. The molecule has 0 atom stereocenters. The second-order valence-corrected chi connectivity index (χ2v) is 10.8. The van der Waals surface area contributed by atoms with Crippen LogP contribution in [0.2, 0.25) is 0 Å². The van der Waals surface area contributed by atoms with Crippen LogP contribution >= 0.6 is 15.9 Å². The van der Waals surface area contributed by atoms with Crippen LogP contribution in [0.15, 0.2) is 45.8 Å². The molecule has 0 fully saturated rings. The summed E-state index contributed by atoms with van der Waals surface area (Å²) in [5.74, 6) is -0.622. The molecule has 13 heteroatoms. The topological polar surface area (TPSA) is 128 Å². The Morgan fingerprint density at radius 2 is 1.83 bits per heavy atom. The Morgan fingerprint density at radius 1 is 1.17 bits per heavy atom. The van der Waals surface area contributed by atoms with Gasteiger partial charge in [0.1, 0.15) is 16.2 Å². The van der Waals surface area contributed by atoms with E-state index in [1.165, 1.54) is 37.4 Å². The van der Waals surface area contributed by atoms with Crippen LogP contribution in [0, 0.1) is 0 Å². The van der Waals surface area contributed by atoms with Crippen LogP contribution in [0.1, 0.15) is 36.7 Å². The van der Waals surface area contributed by atoms with Gasteiger partial charge in [-0.15, -0.1) is 0 Å². The molecule has 9 nitrogen and oxygen atoms in total. The van der Waals surface area contributed by atoms with E-state index >= 15 is 0 Å². The molecule has 0 unspecified atom stereocenters. The average Bonchev–Trinajstić information content (AvgIpc) is 2.72. The van der Waals surface area contributed by atoms with Gasteiger partial charge in [-0.1, -0.05) is 15.9 Å². The Bertz CT molecular complexity index is 1200. The highest BCUT2D eigenvalue weighted by Gasteiger charge is 2.26. The lowest BCUT2D eigenvalue weighted by atomic mass is 10.1. The molecule has 0 aromatic heterocycles. The van der Waals surface area contributed by atoms with Crippen LogP contribution in [0.3, 0.4) is 0 Å². The maximum atomic E-state index is 13.1. The Hall–Kier alpha value is -2.77. The smallest absolute Gasteiger partial charge is 0.410 e. The summed E-state index contributed by atoms with van der Waals surface area (Å²) in [6, 6.07) is 8.31. The Balaban J connectivity index is 2.29. The second-order valence-electron chi connectivity index (χ2n) is 8.42. The molecule has 0 saturated heterocycles. The van der Waals surface area contributed by atoms with Gasteiger partial charge in [-0.25, -0.2) is 27.1 Å². The van der Waals surface area contributed by atoms with Crippen molar-refractivity contribution in [2.24, 2.45) is 5.14 Å². The lowest BCUT2D eigenvalue weighted by molar-refractivity contribution is 0.00813. The standard InChI is InChI=1S/C22H26BrF2N3O6S/c1-22(2,3)34-21(30)28(12-19(24)25)11-14-9-13(5-7-16(14)23)20(29)27-15-6-8-18(35(26,31)32)17(10-15)33-4/h5-10,19H,11-12H2,1-4H3,(H,27,29)(H2,26,31,32). The molecule has 0 radical (unpaired) electrons. The fourth-order valence-electron chi connectivity index (χ4n) is 2.92. The molecule has 0 aliphatic rings. The molecule has 0 bridgehead atoms. The van der Waals surface area contributed by atoms with Crippen molar-refractivity contribution in [2.75, 3.05) is 19.0 Å². The molecule has 2 rings (SSSR count). The number of anilines is 1. The van der Waals surface area contributed by atoms with E-state index in [0.717, 1.165) is 4.90 Å². The number of nitrogens with one attached hydrogen (secondary N) is 1. The molecule has 2 aromatic carbocycles. The number of hydrogen-bond acceptors (Lipinski definition) is 6. The second kappa shape index (κ2) is 11.3. The van der Waals surface area contributed by atoms with E-state index < -0.39 is 40.6 Å². The maximum absolute atomic E-state index is 13.1. The quantitative estimate of drug-likeness (QED) is 0.479. The molecule has 35 heavy (non-hydrogen) atoms. The number of methoxy groups -OCH3 is 1. The van der Waals surface area contributed by atoms with Crippen LogP contribution in [0.25, 0.3) is 0 Å². The molecule has 0 saturated carbocycles. The SMILES string of the molecule is COc1cc(NC(=O)c2ccc(Br)c(CN(CC(F)F)C(=O)OC(C)(C)C)c2)ccc1S(N)(=O)=O. The third-order valence-electron chi connectivity index (χ3n) is 4.41. The minimum atomic E-state index is -4.03. The predicted molar refractivity (Wildman–Crippen MR) is 129 cm³/mol. The van der Waals surface area contributed by atoms with Crippen molar-refractivity contribution in [3.8, 4) is 5.75 Å². The zero-order valence-corrected chi connectivity index (χ0v) is 21.9. The van der Waals surface area contributed by atoms with E-state index in [4.69, 9.17) is 14.6 Å². The van der Waals surface area contributed by atoms with Gasteiger partial charge in [0, 0.05) is 21.8 Å². The highest BCUT2D eigenvalue weighted by molar-refractivity contribution is 9.10. The van der Waals surface area contributed by atoms with Crippen molar-refractivity contribution < 1.29 is 36.3 Å². The lowest BCUT2D eigenvalue weighted by Gasteiger charge is -2.27. The third-order valence-corrected chi connectivity index (χ3v) is 6.13. The first kappa shape index (κ1) is 28.5. The fraction of sp³-hybridized carbons (Fsp3) is 0.364. The van der Waals surface area contributed by atoms with Crippen LogP contribution in [-0.4, -0.2) is 51.0 Å². The maximum Gasteiger partial charge on any atom is 0.410 e. The van der Waals surface area contributed by atoms with Crippen LogP contribution in [0.4, 0.5) is 19.3 Å². The summed E-state index contributed by atoms with van der Waals surface area (Å²) >= 11 is 3.31. The zero-order valence-electron chi connectivity index (χ0n) is 19.5. The summed E-state index contributed by atoms with van der Waals surface area (Å²) in [7, 11) is -2.77. The number of halogens is 3. The molecule has 192 valence electrons. The number of carbonyl (C=O) groups is 2. The van der Waals surface area contributed by atoms with Crippen LogP contribution in [-0.2, 0) is 21.3 Å². The fourth-order valence-corrected chi connectivity index (χ4v) is 3.98. The number of benzene rings is 2. The summed E-state index contributed by atoms with van der Waals surface area (Å²) in [5.41, 5.74) is -0.0852. The Labute approximate surface area is 210 Å². The summed E-state index contributed by atoms with van der Waals surface area (Å²) in [5, 5.41) is 7.75. The Kier molecular flexibility index (Phi) is 9.20. The number of sulfonamides is 1. The van der Waals surface area contributed by atoms with Crippen molar-refractivity contribution in [1.82, 2.24) is 4.90 Å². The molecule has 0 aliphatic heterocycles. The highest BCUT2D eigenvalue weighted by atomic mass is 79.9. The third kappa shape index (κ3) is 8.44. The first-order valence-corrected chi connectivity index (χ1v) is 12.5. The summed E-state index contributed by atoms with van der Waals surface area (Å²) in [4.78, 5) is 25.9. The first-order chi connectivity index (χ1) is 16.1. The van der Waals surface area contributed by atoms with Gasteiger partial charge >= 0.3 is 6.09 Å². The number of primary sulfonamides is 1. The zero-order chi connectivity index (χ0) is 26.6. The monoisotopic (exact) mass is 577 g/mol. The van der Waals surface area contributed by atoms with Crippen molar-refractivity contribution in [1.29, 1.82) is 0 Å². The molecule has 0 aliphatic carbocycles. The van der Waals surface area contributed by atoms with Crippen molar-refractivity contribution in [3.63, 3.8) is 0 Å². The summed E-state index contributed by atoms with van der Waals surface area (Å²) in [6.45, 7) is 3.77. The van der Waals surface area contributed by atoms with Gasteiger partial charge < -0.3 is 14.8 Å². The van der Waals surface area contributed by atoms with E-state index in [2.05, 4.69) is 21.2 Å². The van der Waals surface area contributed by atoms with Crippen LogP contribution < -0.4 is 15.2 Å². The van der Waals surface area contributed by atoms with Gasteiger partial charge in [-0.2, -0.15) is 0 Å². The van der Waals surface area contributed by atoms with E-state index in [1.54, 1.807) is 26.8 Å². The molecule has 0 spiro atoms. The molecule has 0 heterocycles. The van der Waals surface area contributed by atoms with Gasteiger partial charge in [0.2, 0.25) is 10.0 Å². The minimum absolute atomic E-state index is 0.0539. The van der Waals surface area contributed by atoms with Gasteiger partial charge in [0.25, 0.3) is 12.3 Å². The van der Waals surface area contributed by atoms with Crippen molar-refractivity contribution in [3.05, 3.63) is 52.0 Å². The number of nitrogens with two attached hydrogens (primary N) is 1. The predicted octanol–water partition coefficient (Wildman–Crippen LogP) is 4.36. The van der Waals surface area contributed by atoms with E-state index in [9.17, 15) is 26.8 Å². The number of amides is 2. The summed E-state index contributed by atoms with van der Waals surface area (Å²) in [6.07, 6.45) is -3.70. The lowest BCUT2D eigenvalue weighted by Crippen LogP contribution is -2.39. The Morgan fingerprint density at radius 3 is 2.37 bits per heavy atom. The van der Waals surface area contributed by atoms with E-state index in [0.29, 0.717) is 10.0 Å². The number of hydrogen-bond donors (Lipinski definition) is 2.